The molecule has 0 radical (unpaired) electrons. The van der Waals surface area contributed by atoms with Crippen molar-refractivity contribution in [3.05, 3.63) is 76.9 Å². The molecule has 0 saturated carbocycles. The lowest BCUT2D eigenvalue weighted by Gasteiger charge is -2.34. The Bertz CT molecular complexity index is 1240. The third-order valence-electron chi connectivity index (χ3n) is 6.03. The molecule has 0 unspecified atom stereocenters. The zero-order valence-corrected chi connectivity index (χ0v) is 17.0. The fourth-order valence-corrected chi connectivity index (χ4v) is 4.29. The Morgan fingerprint density at radius 3 is 2.68 bits per heavy atom. The molecule has 5 rings (SSSR count). The Hall–Kier alpha value is -3.69. The highest BCUT2D eigenvalue weighted by atomic mass is 16.5. The second-order valence-corrected chi connectivity index (χ2v) is 8.00. The number of ether oxygens (including phenoxy) is 1. The lowest BCUT2D eigenvalue weighted by molar-refractivity contribution is -0.121. The third-order valence-corrected chi connectivity index (χ3v) is 6.03. The number of anilines is 1. The molecule has 2 aliphatic heterocycles. The molecular formula is C25H21N3O3. The first kappa shape index (κ1) is 19.3. The SMILES string of the molecule is N#Cc1ccc2ccc(N3CCN(CCc4ccc5c(c4)COC5=O)CC3=O)cc2c1. The van der Waals surface area contributed by atoms with Crippen LogP contribution < -0.4 is 4.90 Å². The summed E-state index contributed by atoms with van der Waals surface area (Å²) in [4.78, 5) is 28.4. The van der Waals surface area contributed by atoms with E-state index in [0.29, 0.717) is 30.8 Å². The zero-order chi connectivity index (χ0) is 21.4. The van der Waals surface area contributed by atoms with E-state index in [0.717, 1.165) is 47.1 Å². The molecule has 0 aromatic heterocycles. The average molecular weight is 411 g/mol. The van der Waals surface area contributed by atoms with E-state index in [4.69, 9.17) is 10.00 Å². The molecule has 1 saturated heterocycles. The first-order chi connectivity index (χ1) is 15.1. The maximum atomic E-state index is 12.8. The summed E-state index contributed by atoms with van der Waals surface area (Å²) in [7, 11) is 0. The van der Waals surface area contributed by atoms with Crippen LogP contribution in [-0.2, 0) is 22.6 Å². The molecule has 1 amide bonds. The molecule has 1 fully saturated rings. The van der Waals surface area contributed by atoms with Gasteiger partial charge in [-0.1, -0.05) is 24.3 Å². The molecule has 0 N–H and O–H groups in total. The fourth-order valence-electron chi connectivity index (χ4n) is 4.29. The van der Waals surface area contributed by atoms with Crippen molar-refractivity contribution < 1.29 is 14.3 Å². The molecule has 154 valence electrons. The number of esters is 1. The molecular weight excluding hydrogens is 390 g/mol. The maximum Gasteiger partial charge on any atom is 0.338 e. The molecule has 0 aliphatic carbocycles. The Labute approximate surface area is 180 Å². The van der Waals surface area contributed by atoms with Crippen LogP contribution in [0.5, 0.6) is 0 Å². The molecule has 2 heterocycles. The van der Waals surface area contributed by atoms with Crippen LogP contribution in [0, 0.1) is 11.3 Å². The van der Waals surface area contributed by atoms with E-state index < -0.39 is 0 Å². The number of hydrogen-bond donors (Lipinski definition) is 0. The highest BCUT2D eigenvalue weighted by molar-refractivity contribution is 5.98. The second kappa shape index (κ2) is 7.86. The van der Waals surface area contributed by atoms with Gasteiger partial charge in [-0.25, -0.2) is 4.79 Å². The van der Waals surface area contributed by atoms with Crippen LogP contribution in [0.3, 0.4) is 0 Å². The largest absolute Gasteiger partial charge is 0.457 e. The minimum absolute atomic E-state index is 0.0787. The quantitative estimate of drug-likeness (QED) is 0.616. The van der Waals surface area contributed by atoms with Crippen LogP contribution in [-0.4, -0.2) is 43.0 Å². The van der Waals surface area contributed by atoms with Gasteiger partial charge >= 0.3 is 5.97 Å². The Morgan fingerprint density at radius 2 is 1.84 bits per heavy atom. The number of hydrogen-bond acceptors (Lipinski definition) is 5. The van der Waals surface area contributed by atoms with Crippen molar-refractivity contribution >= 4 is 28.3 Å². The number of rotatable bonds is 4. The van der Waals surface area contributed by atoms with Gasteiger partial charge in [-0.05, 0) is 53.1 Å². The summed E-state index contributed by atoms with van der Waals surface area (Å²) >= 11 is 0. The zero-order valence-electron chi connectivity index (χ0n) is 17.0. The summed E-state index contributed by atoms with van der Waals surface area (Å²) in [5, 5.41) is 11.2. The van der Waals surface area contributed by atoms with Crippen molar-refractivity contribution in [3.63, 3.8) is 0 Å². The highest BCUT2D eigenvalue weighted by Gasteiger charge is 2.25. The molecule has 3 aromatic carbocycles. The van der Waals surface area contributed by atoms with Crippen LogP contribution in [0.1, 0.15) is 27.0 Å². The second-order valence-electron chi connectivity index (χ2n) is 8.00. The number of nitrogens with zero attached hydrogens (tertiary/aromatic N) is 3. The molecule has 6 heteroatoms. The van der Waals surface area contributed by atoms with Gasteiger partial charge in [0.25, 0.3) is 0 Å². The first-order valence-electron chi connectivity index (χ1n) is 10.4. The van der Waals surface area contributed by atoms with E-state index in [1.54, 1.807) is 6.07 Å². The Kier molecular flexibility index (Phi) is 4.89. The standard InChI is InChI=1S/C25H21N3O3/c26-14-18-1-3-19-4-5-22(13-20(19)12-18)28-10-9-27(15-24(28)29)8-7-17-2-6-23-21(11-17)16-31-25(23)30/h1-6,11-13H,7-10,15-16H2. The van der Waals surface area contributed by atoms with E-state index in [1.807, 2.05) is 53.4 Å². The van der Waals surface area contributed by atoms with Gasteiger partial charge in [0.05, 0.1) is 23.7 Å². The van der Waals surface area contributed by atoms with E-state index in [1.165, 1.54) is 0 Å². The van der Waals surface area contributed by atoms with Crippen molar-refractivity contribution in [1.82, 2.24) is 4.90 Å². The van der Waals surface area contributed by atoms with Crippen molar-refractivity contribution in [2.45, 2.75) is 13.0 Å². The van der Waals surface area contributed by atoms with Crippen LogP contribution in [0.4, 0.5) is 5.69 Å². The van der Waals surface area contributed by atoms with Crippen molar-refractivity contribution in [3.8, 4) is 6.07 Å². The summed E-state index contributed by atoms with van der Waals surface area (Å²) in [5.41, 5.74) is 4.23. The van der Waals surface area contributed by atoms with Crippen molar-refractivity contribution in [1.29, 1.82) is 5.26 Å². The van der Waals surface area contributed by atoms with Gasteiger partial charge in [-0.3, -0.25) is 9.69 Å². The Balaban J connectivity index is 1.23. The highest BCUT2D eigenvalue weighted by Crippen LogP contribution is 2.25. The normalized spacial score (nSPS) is 16.3. The third kappa shape index (κ3) is 3.76. The number of nitriles is 1. The lowest BCUT2D eigenvalue weighted by Crippen LogP contribution is -2.50. The van der Waals surface area contributed by atoms with Crippen molar-refractivity contribution in [2.75, 3.05) is 31.1 Å². The minimum Gasteiger partial charge on any atom is -0.457 e. The number of carbonyl (C=O) groups excluding carboxylic acids is 2. The maximum absolute atomic E-state index is 12.8. The number of carbonyl (C=O) groups is 2. The summed E-state index contributed by atoms with van der Waals surface area (Å²) in [6, 6.07) is 19.5. The predicted molar refractivity (Wildman–Crippen MR) is 117 cm³/mol. The summed E-state index contributed by atoms with van der Waals surface area (Å²) in [6.45, 7) is 2.95. The molecule has 2 aliphatic rings. The lowest BCUT2D eigenvalue weighted by atomic mass is 10.0. The van der Waals surface area contributed by atoms with Gasteiger partial charge in [0.1, 0.15) is 6.61 Å². The molecule has 6 nitrogen and oxygen atoms in total. The van der Waals surface area contributed by atoms with Gasteiger partial charge in [0, 0.05) is 30.9 Å². The number of benzene rings is 3. The summed E-state index contributed by atoms with van der Waals surface area (Å²) < 4.78 is 5.06. The van der Waals surface area contributed by atoms with Crippen molar-refractivity contribution in [2.24, 2.45) is 0 Å². The topological polar surface area (TPSA) is 73.6 Å². The van der Waals surface area contributed by atoms with E-state index in [-0.39, 0.29) is 11.9 Å². The number of amides is 1. The molecule has 31 heavy (non-hydrogen) atoms. The minimum atomic E-state index is -0.249. The summed E-state index contributed by atoms with van der Waals surface area (Å²) in [5.74, 6) is -0.171. The smallest absolute Gasteiger partial charge is 0.338 e. The Morgan fingerprint density at radius 1 is 0.968 bits per heavy atom. The monoisotopic (exact) mass is 411 g/mol. The fraction of sp³-hybridized carbons (Fsp3) is 0.240. The van der Waals surface area contributed by atoms with Gasteiger partial charge in [0.15, 0.2) is 0 Å². The summed E-state index contributed by atoms with van der Waals surface area (Å²) in [6.07, 6.45) is 0.821. The van der Waals surface area contributed by atoms with Crippen LogP contribution in [0.25, 0.3) is 10.8 Å². The predicted octanol–water partition coefficient (Wildman–Crippen LogP) is 3.27. The number of fused-ring (bicyclic) bond motifs is 2. The van der Waals surface area contributed by atoms with Gasteiger partial charge in [-0.15, -0.1) is 0 Å². The number of piperazine rings is 1. The molecule has 0 spiro atoms. The van der Waals surface area contributed by atoms with E-state index >= 15 is 0 Å². The van der Waals surface area contributed by atoms with Gasteiger partial charge < -0.3 is 9.64 Å². The van der Waals surface area contributed by atoms with E-state index in [9.17, 15) is 9.59 Å². The van der Waals surface area contributed by atoms with Crippen LogP contribution in [0.2, 0.25) is 0 Å². The first-order valence-corrected chi connectivity index (χ1v) is 10.4. The molecule has 0 bridgehead atoms. The molecule has 3 aromatic rings. The van der Waals surface area contributed by atoms with E-state index in [2.05, 4.69) is 11.0 Å². The van der Waals surface area contributed by atoms with Gasteiger partial charge in [-0.2, -0.15) is 5.26 Å². The van der Waals surface area contributed by atoms with Crippen LogP contribution in [0.15, 0.2) is 54.6 Å². The number of cyclic esters (lactones) is 1. The van der Waals surface area contributed by atoms with Gasteiger partial charge in [0.2, 0.25) is 5.91 Å². The average Bonchev–Trinajstić information content (AvgIpc) is 3.17. The molecule has 0 atom stereocenters. The van der Waals surface area contributed by atoms with Crippen LogP contribution >= 0.6 is 0 Å².